The van der Waals surface area contributed by atoms with Gasteiger partial charge in [-0.25, -0.2) is 0 Å². The molecular weight excluding hydrogens is 212 g/mol. The zero-order valence-electron chi connectivity index (χ0n) is 12.0. The smallest absolute Gasteiger partial charge is 0.0702 e. The van der Waals surface area contributed by atoms with E-state index in [1.165, 1.54) is 12.8 Å². The van der Waals surface area contributed by atoms with Crippen molar-refractivity contribution in [1.82, 2.24) is 10.2 Å². The Morgan fingerprint density at radius 2 is 2.12 bits per heavy atom. The molecule has 3 heteroatoms. The molecule has 3 atom stereocenters. The van der Waals surface area contributed by atoms with Gasteiger partial charge in [-0.1, -0.05) is 20.8 Å². The molecule has 1 aliphatic heterocycles. The van der Waals surface area contributed by atoms with Crippen LogP contribution in [0.4, 0.5) is 0 Å². The summed E-state index contributed by atoms with van der Waals surface area (Å²) in [6.07, 6.45) is 2.96. The van der Waals surface area contributed by atoms with Gasteiger partial charge in [-0.3, -0.25) is 4.90 Å². The first-order valence-corrected chi connectivity index (χ1v) is 7.25. The van der Waals surface area contributed by atoms with Crippen LogP contribution < -0.4 is 5.32 Å². The summed E-state index contributed by atoms with van der Waals surface area (Å²) in [6.45, 7) is 14.5. The van der Waals surface area contributed by atoms with E-state index < -0.39 is 0 Å². The summed E-state index contributed by atoms with van der Waals surface area (Å²) < 4.78 is 5.74. The lowest BCUT2D eigenvalue weighted by Crippen LogP contribution is -2.44. The number of hydrogen-bond acceptors (Lipinski definition) is 3. The molecule has 0 aromatic heterocycles. The normalized spacial score (nSPS) is 24.2. The number of nitrogens with one attached hydrogen (secondary N) is 1. The highest BCUT2D eigenvalue weighted by Gasteiger charge is 2.24. The highest BCUT2D eigenvalue weighted by Crippen LogP contribution is 2.17. The van der Waals surface area contributed by atoms with Crippen LogP contribution >= 0.6 is 0 Å². The number of nitrogens with zero attached hydrogens (tertiary/aromatic N) is 1. The Labute approximate surface area is 107 Å². The van der Waals surface area contributed by atoms with Gasteiger partial charge in [-0.2, -0.15) is 0 Å². The fourth-order valence-electron chi connectivity index (χ4n) is 2.54. The third-order valence-electron chi connectivity index (χ3n) is 3.98. The Hall–Kier alpha value is -0.120. The number of ether oxygens (including phenoxy) is 1. The van der Waals surface area contributed by atoms with Gasteiger partial charge in [0.25, 0.3) is 0 Å². The minimum Gasteiger partial charge on any atom is -0.377 e. The summed E-state index contributed by atoms with van der Waals surface area (Å²) in [6, 6.07) is 0.628. The summed E-state index contributed by atoms with van der Waals surface area (Å²) in [5.41, 5.74) is 0. The predicted molar refractivity (Wildman–Crippen MR) is 73.4 cm³/mol. The lowest BCUT2D eigenvalue weighted by atomic mass is 10.0. The Morgan fingerprint density at radius 1 is 1.35 bits per heavy atom. The minimum atomic E-state index is 0.476. The lowest BCUT2D eigenvalue weighted by molar-refractivity contribution is 0.0519. The van der Waals surface area contributed by atoms with Gasteiger partial charge in [0, 0.05) is 19.2 Å². The molecule has 0 spiro atoms. The van der Waals surface area contributed by atoms with E-state index in [1.807, 2.05) is 0 Å². The molecule has 0 aliphatic carbocycles. The van der Waals surface area contributed by atoms with Gasteiger partial charge in [0.2, 0.25) is 0 Å². The topological polar surface area (TPSA) is 24.5 Å². The van der Waals surface area contributed by atoms with E-state index >= 15 is 0 Å². The minimum absolute atomic E-state index is 0.476. The molecule has 1 rings (SSSR count). The van der Waals surface area contributed by atoms with Crippen LogP contribution in [0.5, 0.6) is 0 Å². The molecule has 1 saturated heterocycles. The average molecular weight is 242 g/mol. The quantitative estimate of drug-likeness (QED) is 0.705. The van der Waals surface area contributed by atoms with Gasteiger partial charge in [-0.05, 0) is 45.3 Å². The lowest BCUT2D eigenvalue weighted by Gasteiger charge is -2.34. The summed E-state index contributed by atoms with van der Waals surface area (Å²) in [5, 5.41) is 3.44. The molecular formula is C14H30N2O. The van der Waals surface area contributed by atoms with Crippen molar-refractivity contribution in [2.75, 3.05) is 32.8 Å². The first kappa shape index (κ1) is 14.9. The van der Waals surface area contributed by atoms with Crippen molar-refractivity contribution in [1.29, 1.82) is 0 Å². The van der Waals surface area contributed by atoms with E-state index in [2.05, 4.69) is 37.9 Å². The maximum atomic E-state index is 5.74. The van der Waals surface area contributed by atoms with Gasteiger partial charge in [0.05, 0.1) is 6.10 Å². The molecule has 102 valence electrons. The molecule has 0 amide bonds. The highest BCUT2D eigenvalue weighted by atomic mass is 16.5. The van der Waals surface area contributed by atoms with Crippen molar-refractivity contribution in [3.8, 4) is 0 Å². The predicted octanol–water partition coefficient (Wildman–Crippen LogP) is 2.12. The summed E-state index contributed by atoms with van der Waals surface area (Å²) in [7, 11) is 0. The van der Waals surface area contributed by atoms with Crippen molar-refractivity contribution >= 4 is 0 Å². The van der Waals surface area contributed by atoms with Gasteiger partial charge in [0.15, 0.2) is 0 Å². The molecule has 0 radical (unpaired) electrons. The Kier molecular flexibility index (Phi) is 7.09. The van der Waals surface area contributed by atoms with Crippen molar-refractivity contribution in [3.05, 3.63) is 0 Å². The van der Waals surface area contributed by atoms with E-state index in [-0.39, 0.29) is 0 Å². The largest absolute Gasteiger partial charge is 0.377 e. The Balaban J connectivity index is 2.35. The van der Waals surface area contributed by atoms with Gasteiger partial charge in [0.1, 0.15) is 0 Å². The highest BCUT2D eigenvalue weighted by molar-refractivity contribution is 4.78. The van der Waals surface area contributed by atoms with E-state index in [0.29, 0.717) is 18.1 Å². The maximum absolute atomic E-state index is 5.74. The molecule has 3 nitrogen and oxygen atoms in total. The molecule has 17 heavy (non-hydrogen) atoms. The molecule has 0 saturated carbocycles. The molecule has 1 heterocycles. The van der Waals surface area contributed by atoms with Gasteiger partial charge >= 0.3 is 0 Å². The zero-order chi connectivity index (χ0) is 12.7. The zero-order valence-corrected chi connectivity index (χ0v) is 12.0. The standard InChI is InChI=1S/C14H30N2O/c1-5-15-10-12(3)13(4)16(6-2)11-14-8-7-9-17-14/h12-15H,5-11H2,1-4H3. The second kappa shape index (κ2) is 8.06. The average Bonchev–Trinajstić information content (AvgIpc) is 2.84. The van der Waals surface area contributed by atoms with Crippen LogP contribution in [0.15, 0.2) is 0 Å². The summed E-state index contributed by atoms with van der Waals surface area (Å²) in [4.78, 5) is 2.57. The molecule has 0 aromatic carbocycles. The van der Waals surface area contributed by atoms with Crippen molar-refractivity contribution in [3.63, 3.8) is 0 Å². The number of hydrogen-bond donors (Lipinski definition) is 1. The van der Waals surface area contributed by atoms with Crippen molar-refractivity contribution in [2.45, 2.75) is 52.7 Å². The second-order valence-corrected chi connectivity index (χ2v) is 5.25. The van der Waals surface area contributed by atoms with Gasteiger partial charge in [-0.15, -0.1) is 0 Å². The Morgan fingerprint density at radius 3 is 2.65 bits per heavy atom. The fraction of sp³-hybridized carbons (Fsp3) is 1.00. The fourth-order valence-corrected chi connectivity index (χ4v) is 2.54. The molecule has 1 fully saturated rings. The SMILES string of the molecule is CCNCC(C)C(C)N(CC)CC1CCCO1. The van der Waals surface area contributed by atoms with Crippen LogP contribution in [-0.2, 0) is 4.74 Å². The van der Waals surface area contributed by atoms with Crippen LogP contribution in [0.3, 0.4) is 0 Å². The number of likely N-dealkylation sites (N-methyl/N-ethyl adjacent to an activating group) is 1. The van der Waals surface area contributed by atoms with Crippen LogP contribution in [0.25, 0.3) is 0 Å². The summed E-state index contributed by atoms with van der Waals surface area (Å²) in [5.74, 6) is 0.691. The number of rotatable bonds is 8. The van der Waals surface area contributed by atoms with E-state index in [1.54, 1.807) is 0 Å². The van der Waals surface area contributed by atoms with Crippen molar-refractivity contribution < 1.29 is 4.74 Å². The van der Waals surface area contributed by atoms with Crippen LogP contribution in [0.1, 0.15) is 40.5 Å². The molecule has 1 N–H and O–H groups in total. The third kappa shape index (κ3) is 4.94. The monoisotopic (exact) mass is 242 g/mol. The molecule has 1 aliphatic rings. The van der Waals surface area contributed by atoms with Crippen LogP contribution in [-0.4, -0.2) is 49.8 Å². The van der Waals surface area contributed by atoms with Crippen LogP contribution in [0.2, 0.25) is 0 Å². The van der Waals surface area contributed by atoms with E-state index in [0.717, 1.165) is 32.8 Å². The van der Waals surface area contributed by atoms with E-state index in [9.17, 15) is 0 Å². The van der Waals surface area contributed by atoms with Gasteiger partial charge < -0.3 is 10.1 Å². The van der Waals surface area contributed by atoms with E-state index in [4.69, 9.17) is 4.74 Å². The third-order valence-corrected chi connectivity index (χ3v) is 3.98. The second-order valence-electron chi connectivity index (χ2n) is 5.25. The first-order chi connectivity index (χ1) is 8.19. The molecule has 3 unspecified atom stereocenters. The first-order valence-electron chi connectivity index (χ1n) is 7.25. The molecule has 0 aromatic rings. The molecule has 0 bridgehead atoms. The Bertz CT molecular complexity index is 193. The van der Waals surface area contributed by atoms with Crippen LogP contribution in [0, 0.1) is 5.92 Å². The van der Waals surface area contributed by atoms with Crippen molar-refractivity contribution in [2.24, 2.45) is 5.92 Å². The summed E-state index contributed by atoms with van der Waals surface area (Å²) >= 11 is 0. The maximum Gasteiger partial charge on any atom is 0.0702 e.